The third kappa shape index (κ3) is 2.76. The van der Waals surface area contributed by atoms with Crippen LogP contribution in [0.5, 0.6) is 17.2 Å². The Bertz CT molecular complexity index is 818. The highest BCUT2D eigenvalue weighted by atomic mass is 16.6. The van der Waals surface area contributed by atoms with Crippen LogP contribution in [0.2, 0.25) is 0 Å². The molecule has 2 aromatic carbocycles. The molecule has 2 aliphatic rings. The number of nitrogens with zero attached hydrogens (tertiary/aromatic N) is 1. The molecule has 1 atom stereocenters. The van der Waals surface area contributed by atoms with Crippen LogP contribution in [0.25, 0.3) is 0 Å². The lowest BCUT2D eigenvalue weighted by Gasteiger charge is -2.36. The minimum atomic E-state index is -0.355. The Kier molecular flexibility index (Phi) is 4.42. The molecule has 0 saturated carbocycles. The van der Waals surface area contributed by atoms with E-state index in [1.165, 1.54) is 12.7 Å². The number of carbonyl (C=O) groups is 1. The summed E-state index contributed by atoms with van der Waals surface area (Å²) in [6, 6.07) is 10.9. The molecule has 136 valence electrons. The Labute approximate surface area is 151 Å². The van der Waals surface area contributed by atoms with Crippen LogP contribution in [0.3, 0.4) is 0 Å². The summed E-state index contributed by atoms with van der Waals surface area (Å²) in [5, 5.41) is 9.93. The maximum atomic E-state index is 13.2. The highest BCUT2D eigenvalue weighted by Gasteiger charge is 2.32. The number of ether oxygens (including phenoxy) is 3. The van der Waals surface area contributed by atoms with E-state index in [-0.39, 0.29) is 18.6 Å². The molecule has 0 fully saturated rings. The molecular weight excluding hydrogens is 334 g/mol. The van der Waals surface area contributed by atoms with Crippen LogP contribution in [-0.2, 0) is 6.42 Å². The van der Waals surface area contributed by atoms with Crippen molar-refractivity contribution in [2.24, 2.45) is 0 Å². The van der Waals surface area contributed by atoms with E-state index in [1.807, 2.05) is 24.3 Å². The Hall–Kier alpha value is -2.73. The summed E-state index contributed by atoms with van der Waals surface area (Å²) in [4.78, 5) is 14.9. The van der Waals surface area contributed by atoms with Gasteiger partial charge in [-0.05, 0) is 29.7 Å². The molecule has 2 aliphatic heterocycles. The number of rotatable bonds is 3. The van der Waals surface area contributed by atoms with E-state index < -0.39 is 0 Å². The van der Waals surface area contributed by atoms with Crippen molar-refractivity contribution in [3.63, 3.8) is 0 Å². The van der Waals surface area contributed by atoms with Gasteiger partial charge in [-0.1, -0.05) is 24.3 Å². The second kappa shape index (κ2) is 6.88. The first-order valence-corrected chi connectivity index (χ1v) is 8.70. The molecule has 0 saturated heterocycles. The SMILES string of the molecule is COc1cc(C(=O)N2CCc3ccccc3C2CO)cc2c1OCCO2. The fraction of sp³-hybridized carbons (Fsp3) is 0.350. The molecule has 0 radical (unpaired) electrons. The Morgan fingerprint density at radius 2 is 2.08 bits per heavy atom. The zero-order chi connectivity index (χ0) is 18.1. The first kappa shape index (κ1) is 16.7. The Balaban J connectivity index is 1.70. The first-order valence-electron chi connectivity index (χ1n) is 8.70. The number of methoxy groups -OCH3 is 1. The van der Waals surface area contributed by atoms with E-state index in [2.05, 4.69) is 0 Å². The predicted molar refractivity (Wildman–Crippen MR) is 95.0 cm³/mol. The van der Waals surface area contributed by atoms with Crippen LogP contribution < -0.4 is 14.2 Å². The van der Waals surface area contributed by atoms with E-state index in [4.69, 9.17) is 14.2 Å². The molecule has 0 bridgehead atoms. The molecule has 6 nitrogen and oxygen atoms in total. The topological polar surface area (TPSA) is 68.2 Å². The summed E-state index contributed by atoms with van der Waals surface area (Å²) in [5.41, 5.74) is 2.64. The molecule has 1 N–H and O–H groups in total. The van der Waals surface area contributed by atoms with Crippen LogP contribution >= 0.6 is 0 Å². The van der Waals surface area contributed by atoms with Gasteiger partial charge in [-0.3, -0.25) is 4.79 Å². The third-order valence-corrected chi connectivity index (χ3v) is 4.92. The second-order valence-corrected chi connectivity index (χ2v) is 6.35. The normalized spacial score (nSPS) is 18.2. The van der Waals surface area contributed by atoms with Crippen molar-refractivity contribution in [1.29, 1.82) is 0 Å². The molecule has 6 heteroatoms. The van der Waals surface area contributed by atoms with E-state index in [0.29, 0.717) is 42.6 Å². The van der Waals surface area contributed by atoms with Crippen LogP contribution in [0.15, 0.2) is 36.4 Å². The van der Waals surface area contributed by atoms with Crippen molar-refractivity contribution in [1.82, 2.24) is 4.90 Å². The quantitative estimate of drug-likeness (QED) is 0.914. The molecule has 1 amide bonds. The van der Waals surface area contributed by atoms with Gasteiger partial charge in [-0.15, -0.1) is 0 Å². The van der Waals surface area contributed by atoms with Crippen molar-refractivity contribution < 1.29 is 24.1 Å². The molecule has 0 spiro atoms. The zero-order valence-corrected chi connectivity index (χ0v) is 14.6. The summed E-state index contributed by atoms with van der Waals surface area (Å²) in [6.07, 6.45) is 0.764. The number of hydrogen-bond acceptors (Lipinski definition) is 5. The molecule has 2 heterocycles. The van der Waals surface area contributed by atoms with Crippen LogP contribution in [0, 0.1) is 0 Å². The molecule has 2 aromatic rings. The first-order chi connectivity index (χ1) is 12.7. The minimum absolute atomic E-state index is 0.121. The smallest absolute Gasteiger partial charge is 0.254 e. The number of fused-ring (bicyclic) bond motifs is 2. The highest BCUT2D eigenvalue weighted by molar-refractivity contribution is 5.96. The van der Waals surface area contributed by atoms with Crippen molar-refractivity contribution in [3.05, 3.63) is 53.1 Å². The van der Waals surface area contributed by atoms with Gasteiger partial charge >= 0.3 is 0 Å². The number of amides is 1. The maximum absolute atomic E-state index is 13.2. The van der Waals surface area contributed by atoms with E-state index in [1.54, 1.807) is 17.0 Å². The summed E-state index contributed by atoms with van der Waals surface area (Å²) in [5.74, 6) is 1.35. The standard InChI is InChI=1S/C20H21NO5/c1-24-17-10-14(11-18-19(17)26-9-8-25-18)20(23)21-7-6-13-4-2-3-5-15(13)16(21)12-22/h2-5,10-11,16,22H,6-9,12H2,1H3. The molecule has 0 aliphatic carbocycles. The van der Waals surface area contributed by atoms with Crippen LogP contribution in [-0.4, -0.2) is 49.4 Å². The van der Waals surface area contributed by atoms with E-state index >= 15 is 0 Å². The lowest BCUT2D eigenvalue weighted by Crippen LogP contribution is -2.41. The van der Waals surface area contributed by atoms with Gasteiger partial charge in [-0.2, -0.15) is 0 Å². The van der Waals surface area contributed by atoms with E-state index in [0.717, 1.165) is 12.0 Å². The number of aliphatic hydroxyl groups is 1. The maximum Gasteiger partial charge on any atom is 0.254 e. The van der Waals surface area contributed by atoms with Gasteiger partial charge in [0.15, 0.2) is 11.5 Å². The largest absolute Gasteiger partial charge is 0.493 e. The van der Waals surface area contributed by atoms with Crippen molar-refractivity contribution in [2.45, 2.75) is 12.5 Å². The van der Waals surface area contributed by atoms with Gasteiger partial charge in [0.1, 0.15) is 13.2 Å². The zero-order valence-electron chi connectivity index (χ0n) is 14.6. The second-order valence-electron chi connectivity index (χ2n) is 6.35. The fourth-order valence-corrected chi connectivity index (χ4v) is 3.65. The van der Waals surface area contributed by atoms with Gasteiger partial charge in [0.05, 0.1) is 19.8 Å². The summed E-state index contributed by atoms with van der Waals surface area (Å²) in [6.45, 7) is 1.32. The lowest BCUT2D eigenvalue weighted by atomic mass is 9.92. The Morgan fingerprint density at radius 3 is 2.88 bits per heavy atom. The molecule has 4 rings (SSSR count). The van der Waals surface area contributed by atoms with Gasteiger partial charge in [0, 0.05) is 12.1 Å². The van der Waals surface area contributed by atoms with Crippen molar-refractivity contribution in [2.75, 3.05) is 33.5 Å². The summed E-state index contributed by atoms with van der Waals surface area (Å²) < 4.78 is 16.6. The van der Waals surface area contributed by atoms with Gasteiger partial charge in [-0.25, -0.2) is 0 Å². The van der Waals surface area contributed by atoms with Gasteiger partial charge < -0.3 is 24.2 Å². The summed E-state index contributed by atoms with van der Waals surface area (Å²) in [7, 11) is 1.54. The molecule has 1 unspecified atom stereocenters. The van der Waals surface area contributed by atoms with E-state index in [9.17, 15) is 9.90 Å². The highest BCUT2D eigenvalue weighted by Crippen LogP contribution is 2.41. The molecular formula is C20H21NO5. The van der Waals surface area contributed by atoms with Crippen molar-refractivity contribution >= 4 is 5.91 Å². The van der Waals surface area contributed by atoms with Gasteiger partial charge in [0.2, 0.25) is 5.75 Å². The third-order valence-electron chi connectivity index (χ3n) is 4.92. The lowest BCUT2D eigenvalue weighted by molar-refractivity contribution is 0.0567. The fourth-order valence-electron chi connectivity index (χ4n) is 3.65. The average molecular weight is 355 g/mol. The number of hydrogen-bond donors (Lipinski definition) is 1. The number of benzene rings is 2. The molecule has 26 heavy (non-hydrogen) atoms. The number of aliphatic hydroxyl groups excluding tert-OH is 1. The number of carbonyl (C=O) groups excluding carboxylic acids is 1. The predicted octanol–water partition coefficient (Wildman–Crippen LogP) is 2.20. The minimum Gasteiger partial charge on any atom is -0.493 e. The molecule has 0 aromatic heterocycles. The van der Waals surface area contributed by atoms with Crippen LogP contribution in [0.1, 0.15) is 27.5 Å². The van der Waals surface area contributed by atoms with Gasteiger partial charge in [0.25, 0.3) is 5.91 Å². The average Bonchev–Trinajstić information content (AvgIpc) is 2.71. The Morgan fingerprint density at radius 1 is 1.27 bits per heavy atom. The van der Waals surface area contributed by atoms with Crippen LogP contribution in [0.4, 0.5) is 0 Å². The summed E-state index contributed by atoms with van der Waals surface area (Å²) >= 11 is 0. The monoisotopic (exact) mass is 355 g/mol. The van der Waals surface area contributed by atoms with Crippen molar-refractivity contribution in [3.8, 4) is 17.2 Å².